The second-order valence-corrected chi connectivity index (χ2v) is 9.95. The van der Waals surface area contributed by atoms with Crippen molar-refractivity contribution in [1.82, 2.24) is 9.80 Å². The molecule has 0 spiro atoms. The van der Waals surface area contributed by atoms with Gasteiger partial charge in [-0.25, -0.2) is 0 Å². The molecule has 5 rings (SSSR count). The number of imide groups is 1. The molecule has 3 amide bonds. The maximum atomic E-state index is 13.9. The third kappa shape index (κ3) is 4.18. The lowest BCUT2D eigenvalue weighted by molar-refractivity contribution is -0.143. The number of carbonyl (C=O) groups excluding carboxylic acids is 3. The van der Waals surface area contributed by atoms with Crippen LogP contribution < -0.4 is 9.47 Å². The Morgan fingerprint density at radius 3 is 2.60 bits per heavy atom. The van der Waals surface area contributed by atoms with E-state index < -0.39 is 5.41 Å². The summed E-state index contributed by atoms with van der Waals surface area (Å²) in [6.07, 6.45) is -0.126. The van der Waals surface area contributed by atoms with Crippen LogP contribution in [0.1, 0.15) is 41.8 Å². The largest absolute Gasteiger partial charge is 0.454 e. The zero-order valence-corrected chi connectivity index (χ0v) is 20.4. The highest BCUT2D eigenvalue weighted by Gasteiger charge is 2.54. The van der Waals surface area contributed by atoms with Gasteiger partial charge in [-0.05, 0) is 41.6 Å². The maximum absolute atomic E-state index is 13.9. The smallest absolute Gasteiger partial charge is 0.241 e. The summed E-state index contributed by atoms with van der Waals surface area (Å²) in [6, 6.07) is 18.4. The van der Waals surface area contributed by atoms with Crippen molar-refractivity contribution in [3.63, 3.8) is 0 Å². The van der Waals surface area contributed by atoms with E-state index in [0.717, 1.165) is 10.4 Å². The van der Waals surface area contributed by atoms with E-state index in [1.54, 1.807) is 35.4 Å². The summed E-state index contributed by atoms with van der Waals surface area (Å²) < 4.78 is 10.8. The van der Waals surface area contributed by atoms with Gasteiger partial charge in [0.05, 0.1) is 18.0 Å². The first-order valence-corrected chi connectivity index (χ1v) is 12.3. The molecular formula is C27H26N2O5S. The van der Waals surface area contributed by atoms with Crippen LogP contribution in [0.2, 0.25) is 0 Å². The molecular weight excluding hydrogens is 464 g/mol. The van der Waals surface area contributed by atoms with Crippen LogP contribution in [0.15, 0.2) is 66.0 Å². The molecule has 1 fully saturated rings. The van der Waals surface area contributed by atoms with Crippen molar-refractivity contribution in [2.24, 2.45) is 0 Å². The number of amides is 3. The van der Waals surface area contributed by atoms with E-state index in [9.17, 15) is 14.4 Å². The van der Waals surface area contributed by atoms with E-state index in [1.165, 1.54) is 4.90 Å². The zero-order valence-electron chi connectivity index (χ0n) is 19.6. The van der Waals surface area contributed by atoms with Crippen molar-refractivity contribution >= 4 is 29.1 Å². The fourth-order valence-electron chi connectivity index (χ4n) is 4.72. The number of ether oxygens (including phenoxy) is 2. The first-order valence-electron chi connectivity index (χ1n) is 11.5. The van der Waals surface area contributed by atoms with Crippen LogP contribution in [0, 0.1) is 0 Å². The van der Waals surface area contributed by atoms with Crippen LogP contribution in [0.5, 0.6) is 11.5 Å². The predicted molar refractivity (Wildman–Crippen MR) is 131 cm³/mol. The molecule has 1 aromatic heterocycles. The number of nitrogens with zero attached hydrogens (tertiary/aromatic N) is 2. The maximum Gasteiger partial charge on any atom is 0.241 e. The van der Waals surface area contributed by atoms with Crippen LogP contribution in [-0.4, -0.2) is 41.4 Å². The average Bonchev–Trinajstić information content (AvgIpc) is 3.61. The van der Waals surface area contributed by atoms with Gasteiger partial charge >= 0.3 is 0 Å². The van der Waals surface area contributed by atoms with Gasteiger partial charge in [0.25, 0.3) is 0 Å². The summed E-state index contributed by atoms with van der Waals surface area (Å²) in [4.78, 5) is 44.6. The molecule has 2 atom stereocenters. The van der Waals surface area contributed by atoms with Gasteiger partial charge in [-0.15, -0.1) is 11.3 Å². The topological polar surface area (TPSA) is 76.2 Å². The van der Waals surface area contributed by atoms with Crippen LogP contribution in [0.25, 0.3) is 0 Å². The van der Waals surface area contributed by atoms with Gasteiger partial charge in [0.2, 0.25) is 24.5 Å². The molecule has 0 aliphatic carbocycles. The van der Waals surface area contributed by atoms with Crippen LogP contribution >= 0.6 is 11.3 Å². The summed E-state index contributed by atoms with van der Waals surface area (Å²) in [7, 11) is 1.75. The molecule has 0 radical (unpaired) electrons. The van der Waals surface area contributed by atoms with E-state index >= 15 is 0 Å². The lowest BCUT2D eigenvalue weighted by atomic mass is 9.75. The fourth-order valence-corrected chi connectivity index (χ4v) is 5.55. The summed E-state index contributed by atoms with van der Waals surface area (Å²) in [5.41, 5.74) is 0.196. The molecule has 0 saturated carbocycles. The van der Waals surface area contributed by atoms with Gasteiger partial charge < -0.3 is 14.4 Å². The molecule has 3 aromatic rings. The van der Waals surface area contributed by atoms with Crippen molar-refractivity contribution < 1.29 is 23.9 Å². The van der Waals surface area contributed by atoms with Gasteiger partial charge in [0.1, 0.15) is 0 Å². The molecule has 2 aliphatic heterocycles. The van der Waals surface area contributed by atoms with Gasteiger partial charge in [-0.3, -0.25) is 19.3 Å². The average molecular weight is 491 g/mol. The van der Waals surface area contributed by atoms with Crippen LogP contribution in [0.4, 0.5) is 0 Å². The van der Waals surface area contributed by atoms with E-state index in [0.29, 0.717) is 17.1 Å². The summed E-state index contributed by atoms with van der Waals surface area (Å²) in [6.45, 7) is 2.22. The van der Waals surface area contributed by atoms with Gasteiger partial charge in [0.15, 0.2) is 11.5 Å². The molecule has 180 valence electrons. The Labute approximate surface area is 207 Å². The quantitative estimate of drug-likeness (QED) is 0.462. The first-order chi connectivity index (χ1) is 16.9. The highest BCUT2D eigenvalue weighted by molar-refractivity contribution is 7.10. The fraction of sp³-hybridized carbons (Fsp3) is 0.296. The number of thiophene rings is 1. The van der Waals surface area contributed by atoms with Crippen LogP contribution in [-0.2, 0) is 26.3 Å². The SMILES string of the molecule is C[C@@H](c1cccs1)N(C)C(=O)C[C@]1(c2ccccc2)CC(=O)N(Cc2ccc3c(c2)OCO3)C1=O. The number of benzene rings is 2. The van der Waals surface area contributed by atoms with Crippen molar-refractivity contribution in [2.75, 3.05) is 13.8 Å². The summed E-state index contributed by atoms with van der Waals surface area (Å²) in [5.74, 6) is 0.409. The Kier molecular flexibility index (Phi) is 6.06. The number of likely N-dealkylation sites (tertiary alicyclic amines) is 1. The van der Waals surface area contributed by atoms with Crippen molar-refractivity contribution in [1.29, 1.82) is 0 Å². The number of rotatable bonds is 7. The minimum Gasteiger partial charge on any atom is -0.454 e. The van der Waals surface area contributed by atoms with Crippen molar-refractivity contribution in [2.45, 2.75) is 37.8 Å². The molecule has 2 aliphatic rings. The highest BCUT2D eigenvalue weighted by atomic mass is 32.1. The number of carbonyl (C=O) groups is 3. The number of hydrogen-bond acceptors (Lipinski definition) is 6. The second kappa shape index (κ2) is 9.19. The Morgan fingerprint density at radius 2 is 1.86 bits per heavy atom. The lowest BCUT2D eigenvalue weighted by Crippen LogP contribution is -2.43. The third-order valence-electron chi connectivity index (χ3n) is 6.89. The standard InChI is InChI=1S/C27H26N2O5S/c1-18(23-9-6-12-35-23)28(2)24(30)14-27(20-7-4-3-5-8-20)15-25(31)29(26(27)32)16-19-10-11-21-22(13-19)34-17-33-21/h3-13,18H,14-17H2,1-2H3/t18-,27+/m0/s1. The lowest BCUT2D eigenvalue weighted by Gasteiger charge is -2.31. The van der Waals surface area contributed by atoms with E-state index in [4.69, 9.17) is 9.47 Å². The van der Waals surface area contributed by atoms with Crippen molar-refractivity contribution in [3.05, 3.63) is 82.0 Å². The van der Waals surface area contributed by atoms with Crippen molar-refractivity contribution in [3.8, 4) is 11.5 Å². The van der Waals surface area contributed by atoms with Crippen LogP contribution in [0.3, 0.4) is 0 Å². The Bertz CT molecular complexity index is 1260. The normalized spacial score (nSPS) is 19.8. The zero-order chi connectivity index (χ0) is 24.6. The second-order valence-electron chi connectivity index (χ2n) is 8.97. The van der Waals surface area contributed by atoms with Gasteiger partial charge in [-0.2, -0.15) is 0 Å². The molecule has 2 aromatic carbocycles. The molecule has 3 heterocycles. The van der Waals surface area contributed by atoms with E-state index in [1.807, 2.05) is 60.8 Å². The Balaban J connectivity index is 1.43. The van der Waals surface area contributed by atoms with E-state index in [2.05, 4.69) is 0 Å². The summed E-state index contributed by atoms with van der Waals surface area (Å²) >= 11 is 1.58. The number of hydrogen-bond donors (Lipinski definition) is 0. The molecule has 1 saturated heterocycles. The minimum atomic E-state index is -1.24. The summed E-state index contributed by atoms with van der Waals surface area (Å²) in [5, 5.41) is 1.97. The predicted octanol–water partition coefficient (Wildman–Crippen LogP) is 4.28. The molecule has 0 bridgehead atoms. The van der Waals surface area contributed by atoms with Gasteiger partial charge in [0, 0.05) is 24.8 Å². The van der Waals surface area contributed by atoms with E-state index in [-0.39, 0.29) is 49.9 Å². The third-order valence-corrected chi connectivity index (χ3v) is 7.94. The molecule has 8 heteroatoms. The first kappa shape index (κ1) is 23.1. The number of fused-ring (bicyclic) bond motifs is 1. The minimum absolute atomic E-state index is 0.0483. The monoisotopic (exact) mass is 490 g/mol. The molecule has 35 heavy (non-hydrogen) atoms. The highest BCUT2D eigenvalue weighted by Crippen LogP contribution is 2.42. The van der Waals surface area contributed by atoms with Gasteiger partial charge in [-0.1, -0.05) is 42.5 Å². The molecule has 0 unspecified atom stereocenters. The molecule has 7 nitrogen and oxygen atoms in total. The molecule has 0 N–H and O–H groups in total. The Hall–Kier alpha value is -3.65. The Morgan fingerprint density at radius 1 is 1.09 bits per heavy atom.